The van der Waals surface area contributed by atoms with Crippen LogP contribution in [0.3, 0.4) is 0 Å². The first-order valence-corrected chi connectivity index (χ1v) is 8.50. The molecule has 0 spiro atoms. The molecule has 0 aliphatic heterocycles. The average molecular weight is 379 g/mol. The number of hydrogen-bond donors (Lipinski definition) is 0. The van der Waals surface area contributed by atoms with Gasteiger partial charge in [0, 0.05) is 25.5 Å². The number of amides is 1. The van der Waals surface area contributed by atoms with Gasteiger partial charge in [0.2, 0.25) is 5.91 Å². The van der Waals surface area contributed by atoms with E-state index in [9.17, 15) is 13.6 Å². The lowest BCUT2D eigenvalue weighted by molar-refractivity contribution is -0.125. The highest BCUT2D eigenvalue weighted by Gasteiger charge is 2.15. The molecule has 2 rings (SSSR count). The van der Waals surface area contributed by atoms with E-state index in [1.54, 1.807) is 31.4 Å². The van der Waals surface area contributed by atoms with Crippen LogP contribution in [0.5, 0.6) is 11.5 Å². The van der Waals surface area contributed by atoms with Gasteiger partial charge in [-0.2, -0.15) is 8.78 Å². The molecular weight excluding hydrogens is 356 g/mol. The molecule has 146 valence electrons. The Bertz CT molecular complexity index is 790. The summed E-state index contributed by atoms with van der Waals surface area (Å²) in [5.41, 5.74) is 0.756. The van der Waals surface area contributed by atoms with Gasteiger partial charge in [0.1, 0.15) is 5.82 Å². The Hall–Kier alpha value is -2.90. The van der Waals surface area contributed by atoms with Crippen LogP contribution in [0.1, 0.15) is 31.3 Å². The zero-order chi connectivity index (χ0) is 19.8. The number of rotatable bonds is 9. The van der Waals surface area contributed by atoms with Crippen molar-refractivity contribution in [2.45, 2.75) is 26.4 Å². The zero-order valence-corrected chi connectivity index (χ0v) is 15.6. The number of likely N-dealkylation sites (N-methyl/N-ethyl adjacent to an activating group) is 1. The van der Waals surface area contributed by atoms with Crippen molar-refractivity contribution in [3.8, 4) is 11.5 Å². The molecule has 2 aromatic rings. The van der Waals surface area contributed by atoms with E-state index in [2.05, 4.69) is 4.98 Å². The number of halogens is 2. The maximum absolute atomic E-state index is 12.8. The number of carbonyl (C=O) groups excluding carboxylic acids is 1. The molecule has 0 fully saturated rings. The van der Waals surface area contributed by atoms with Crippen molar-refractivity contribution in [3.63, 3.8) is 0 Å². The largest absolute Gasteiger partial charge is 0.493 e. The molecule has 0 N–H and O–H groups in total. The van der Waals surface area contributed by atoms with E-state index in [-0.39, 0.29) is 18.3 Å². The molecular formula is C19H23F2N3O3. The summed E-state index contributed by atoms with van der Waals surface area (Å²) in [5, 5.41) is 0. The molecule has 1 amide bonds. The summed E-state index contributed by atoms with van der Waals surface area (Å²) in [6.07, 6.45) is 6.35. The molecule has 1 aromatic heterocycles. The average Bonchev–Trinajstić information content (AvgIpc) is 3.12. The number of alkyl halides is 2. The number of aromatic nitrogens is 2. The highest BCUT2D eigenvalue weighted by molar-refractivity contribution is 5.91. The van der Waals surface area contributed by atoms with Crippen LogP contribution in [0.15, 0.2) is 36.7 Å². The van der Waals surface area contributed by atoms with E-state index < -0.39 is 6.55 Å². The fraction of sp³-hybridized carbons (Fsp3) is 0.368. The van der Waals surface area contributed by atoms with Crippen molar-refractivity contribution in [3.05, 3.63) is 48.1 Å². The van der Waals surface area contributed by atoms with Crippen LogP contribution < -0.4 is 9.47 Å². The second-order valence-corrected chi connectivity index (χ2v) is 5.81. The molecule has 6 nitrogen and oxygen atoms in total. The van der Waals surface area contributed by atoms with E-state index in [1.807, 2.05) is 6.92 Å². The van der Waals surface area contributed by atoms with Crippen molar-refractivity contribution in [2.24, 2.45) is 0 Å². The Balaban J connectivity index is 2.03. The molecule has 8 heteroatoms. The Morgan fingerprint density at radius 2 is 2.15 bits per heavy atom. The number of ether oxygens (including phenoxy) is 2. The summed E-state index contributed by atoms with van der Waals surface area (Å²) >= 11 is 0. The van der Waals surface area contributed by atoms with Crippen LogP contribution in [0, 0.1) is 0 Å². The van der Waals surface area contributed by atoms with Gasteiger partial charge < -0.3 is 14.4 Å². The van der Waals surface area contributed by atoms with E-state index in [1.165, 1.54) is 30.4 Å². The number of methoxy groups -OCH3 is 1. The maximum Gasteiger partial charge on any atom is 0.319 e. The summed E-state index contributed by atoms with van der Waals surface area (Å²) in [4.78, 5) is 17.4. The normalized spacial score (nSPS) is 11.2. The number of benzene rings is 1. The first kappa shape index (κ1) is 20.4. The van der Waals surface area contributed by atoms with Crippen LogP contribution in [0.25, 0.3) is 6.08 Å². The monoisotopic (exact) mass is 379 g/mol. The quantitative estimate of drug-likeness (QED) is 0.623. The van der Waals surface area contributed by atoms with E-state index in [4.69, 9.17) is 9.47 Å². The lowest BCUT2D eigenvalue weighted by Gasteiger charge is -2.15. The summed E-state index contributed by atoms with van der Waals surface area (Å²) in [6.45, 7) is -0.113. The lowest BCUT2D eigenvalue weighted by Crippen LogP contribution is -2.26. The van der Waals surface area contributed by atoms with Gasteiger partial charge in [-0.05, 0) is 30.2 Å². The molecule has 27 heavy (non-hydrogen) atoms. The topological polar surface area (TPSA) is 56.6 Å². The van der Waals surface area contributed by atoms with Crippen molar-refractivity contribution in [1.29, 1.82) is 0 Å². The first-order chi connectivity index (χ1) is 13.0. The molecule has 0 aliphatic carbocycles. The molecule has 0 bridgehead atoms. The van der Waals surface area contributed by atoms with Crippen molar-refractivity contribution in [2.75, 3.05) is 20.8 Å². The Kier molecular flexibility index (Phi) is 7.34. The Morgan fingerprint density at radius 3 is 2.81 bits per heavy atom. The highest BCUT2D eigenvalue weighted by Crippen LogP contribution is 2.28. The molecule has 0 atom stereocenters. The van der Waals surface area contributed by atoms with Gasteiger partial charge in [-0.1, -0.05) is 13.0 Å². The minimum Gasteiger partial charge on any atom is -0.493 e. The van der Waals surface area contributed by atoms with Crippen LogP contribution in [-0.4, -0.2) is 41.1 Å². The predicted octanol–water partition coefficient (Wildman–Crippen LogP) is 3.75. The summed E-state index contributed by atoms with van der Waals surface area (Å²) in [7, 11) is 3.07. The highest BCUT2D eigenvalue weighted by atomic mass is 19.3. The second-order valence-electron chi connectivity index (χ2n) is 5.81. The van der Waals surface area contributed by atoms with Crippen molar-refractivity contribution < 1.29 is 23.0 Å². The minimum absolute atomic E-state index is 0.0202. The van der Waals surface area contributed by atoms with Gasteiger partial charge in [-0.25, -0.2) is 4.98 Å². The fourth-order valence-corrected chi connectivity index (χ4v) is 2.35. The minimum atomic E-state index is -2.69. The van der Waals surface area contributed by atoms with Gasteiger partial charge >= 0.3 is 6.55 Å². The Morgan fingerprint density at radius 1 is 1.37 bits per heavy atom. The van der Waals surface area contributed by atoms with Crippen LogP contribution >= 0.6 is 0 Å². The van der Waals surface area contributed by atoms with Gasteiger partial charge in [0.15, 0.2) is 11.5 Å². The van der Waals surface area contributed by atoms with Gasteiger partial charge in [-0.3, -0.25) is 9.36 Å². The number of nitrogens with zero attached hydrogens (tertiary/aromatic N) is 3. The van der Waals surface area contributed by atoms with Crippen molar-refractivity contribution in [1.82, 2.24) is 14.5 Å². The van der Waals surface area contributed by atoms with Crippen LogP contribution in [0.2, 0.25) is 0 Å². The summed E-state index contributed by atoms with van der Waals surface area (Å²) in [6, 6.07) is 5.35. The molecule has 1 heterocycles. The summed E-state index contributed by atoms with van der Waals surface area (Å²) < 4.78 is 37.3. The smallest absolute Gasteiger partial charge is 0.319 e. The SMILES string of the molecule is CCCOc1ccc(/C=C/C(=O)N(C)Cc2nccn2C(F)F)cc1OC. The molecule has 0 unspecified atom stereocenters. The lowest BCUT2D eigenvalue weighted by atomic mass is 10.2. The molecule has 0 aliphatic rings. The van der Waals surface area contributed by atoms with E-state index in [0.717, 1.165) is 16.6 Å². The first-order valence-electron chi connectivity index (χ1n) is 8.50. The van der Waals surface area contributed by atoms with Crippen molar-refractivity contribution >= 4 is 12.0 Å². The summed E-state index contributed by atoms with van der Waals surface area (Å²) in [5.74, 6) is 1.00. The molecule has 0 saturated carbocycles. The Labute approximate surface area is 157 Å². The third-order valence-corrected chi connectivity index (χ3v) is 3.78. The molecule has 1 aromatic carbocycles. The third-order valence-electron chi connectivity index (χ3n) is 3.78. The number of carbonyl (C=O) groups is 1. The second kappa shape index (κ2) is 9.70. The van der Waals surface area contributed by atoms with Gasteiger partial charge in [-0.15, -0.1) is 0 Å². The van der Waals surface area contributed by atoms with Gasteiger partial charge in [0.05, 0.1) is 20.3 Å². The number of hydrogen-bond acceptors (Lipinski definition) is 4. The molecule has 0 radical (unpaired) electrons. The van der Waals surface area contributed by atoms with Gasteiger partial charge in [0.25, 0.3) is 0 Å². The van der Waals surface area contributed by atoms with E-state index >= 15 is 0 Å². The van der Waals surface area contributed by atoms with E-state index in [0.29, 0.717) is 18.1 Å². The van der Waals surface area contributed by atoms with Crippen LogP contribution in [0.4, 0.5) is 8.78 Å². The standard InChI is InChI=1S/C19H23F2N3O3/c1-4-11-27-15-7-5-14(12-16(15)26-3)6-8-18(25)23(2)13-17-22-9-10-24(17)19(20)21/h5-10,12,19H,4,11,13H2,1-3H3/b8-6+. The van der Waals surface area contributed by atoms with Crippen LogP contribution in [-0.2, 0) is 11.3 Å². The molecule has 0 saturated heterocycles. The zero-order valence-electron chi connectivity index (χ0n) is 15.6. The number of imidazole rings is 1. The predicted molar refractivity (Wildman–Crippen MR) is 97.8 cm³/mol. The fourth-order valence-electron chi connectivity index (χ4n) is 2.35. The third kappa shape index (κ3) is 5.54. The maximum atomic E-state index is 12.8.